The molecule has 2 rings (SSSR count). The number of nitrogens with zero attached hydrogens (tertiary/aromatic N) is 2. The first-order valence-corrected chi connectivity index (χ1v) is 7.56. The number of β-lactam (4-membered cyclic amide) rings is 1. The maximum absolute atomic E-state index is 11.9. The largest absolute Gasteiger partial charge is 0.481 e. The maximum atomic E-state index is 11.9. The molecule has 22 heavy (non-hydrogen) atoms. The number of hydrogen-bond acceptors (Lipinski definition) is 6. The molecule has 0 aromatic heterocycles. The Morgan fingerprint density at radius 1 is 1.59 bits per heavy atom. The first-order valence-electron chi connectivity index (χ1n) is 6.51. The molecule has 0 radical (unpaired) electrons. The lowest BCUT2D eigenvalue weighted by Gasteiger charge is -2.53. The molecule has 2 aliphatic heterocycles. The van der Waals surface area contributed by atoms with E-state index in [-0.39, 0.29) is 30.2 Å². The maximum Gasteiger partial charge on any atom is 0.409 e. The molecule has 3 amide bonds. The van der Waals surface area contributed by atoms with Gasteiger partial charge in [-0.25, -0.2) is 4.79 Å². The fraction of sp³-hybridized carbons (Fsp3) is 0.667. The summed E-state index contributed by atoms with van der Waals surface area (Å²) in [5, 5.41) is 11.6. The van der Waals surface area contributed by atoms with E-state index in [1.54, 1.807) is 0 Å². The van der Waals surface area contributed by atoms with Gasteiger partial charge in [0.2, 0.25) is 12.3 Å². The van der Waals surface area contributed by atoms with Crippen molar-refractivity contribution in [2.75, 3.05) is 33.0 Å². The topological polar surface area (TPSA) is 116 Å². The van der Waals surface area contributed by atoms with Crippen LogP contribution in [0.25, 0.3) is 0 Å². The minimum Gasteiger partial charge on any atom is -0.481 e. The lowest BCUT2D eigenvalue weighted by Crippen LogP contribution is -2.73. The number of aliphatic carboxylic acids is 1. The SMILES string of the molecule is CN(C)C(=O)OCC1(C(=O)O)CS[C@@H]2C(NC=O)C(=O)N2C1. The molecule has 2 unspecified atom stereocenters. The number of carbonyl (C=O) groups excluding carboxylic acids is 3. The molecule has 0 aliphatic carbocycles. The molecule has 0 bridgehead atoms. The molecule has 2 fully saturated rings. The van der Waals surface area contributed by atoms with E-state index in [0.29, 0.717) is 6.41 Å². The molecular formula is C12H17N3O6S. The van der Waals surface area contributed by atoms with Crippen molar-refractivity contribution in [2.24, 2.45) is 5.41 Å². The number of amides is 3. The number of rotatable bonds is 5. The van der Waals surface area contributed by atoms with Gasteiger partial charge in [0.1, 0.15) is 23.4 Å². The number of carboxylic acids is 1. The summed E-state index contributed by atoms with van der Waals surface area (Å²) in [6.07, 6.45) is -0.179. The normalized spacial score (nSPS) is 29.9. The Hall–Kier alpha value is -1.97. The highest BCUT2D eigenvalue weighted by atomic mass is 32.2. The monoisotopic (exact) mass is 331 g/mol. The van der Waals surface area contributed by atoms with E-state index in [2.05, 4.69) is 5.32 Å². The van der Waals surface area contributed by atoms with E-state index in [1.165, 1.54) is 35.7 Å². The van der Waals surface area contributed by atoms with Gasteiger partial charge in [-0.1, -0.05) is 0 Å². The van der Waals surface area contributed by atoms with E-state index in [9.17, 15) is 24.3 Å². The van der Waals surface area contributed by atoms with Crippen LogP contribution < -0.4 is 5.32 Å². The first kappa shape index (κ1) is 16.4. The molecule has 2 N–H and O–H groups in total. The molecule has 0 aromatic rings. The summed E-state index contributed by atoms with van der Waals surface area (Å²) >= 11 is 1.26. The van der Waals surface area contributed by atoms with Crippen molar-refractivity contribution in [1.82, 2.24) is 15.1 Å². The summed E-state index contributed by atoms with van der Waals surface area (Å²) in [6, 6.07) is -0.612. The van der Waals surface area contributed by atoms with Gasteiger partial charge < -0.3 is 25.0 Å². The van der Waals surface area contributed by atoms with Crippen molar-refractivity contribution >= 4 is 36.1 Å². The van der Waals surface area contributed by atoms with Crippen LogP contribution >= 0.6 is 11.8 Å². The first-order chi connectivity index (χ1) is 10.3. The van der Waals surface area contributed by atoms with Gasteiger partial charge in [-0.3, -0.25) is 14.4 Å². The highest BCUT2D eigenvalue weighted by Crippen LogP contribution is 2.42. The average Bonchev–Trinajstić information content (AvgIpc) is 2.49. The number of carbonyl (C=O) groups is 4. The highest BCUT2D eigenvalue weighted by molar-refractivity contribution is 8.00. The van der Waals surface area contributed by atoms with Crippen LogP contribution in [0, 0.1) is 5.41 Å². The third-order valence-corrected chi connectivity index (χ3v) is 5.27. The van der Waals surface area contributed by atoms with Gasteiger partial charge >= 0.3 is 12.1 Å². The third kappa shape index (κ3) is 2.70. The van der Waals surface area contributed by atoms with E-state index in [4.69, 9.17) is 4.74 Å². The Labute approximate surface area is 130 Å². The number of thioether (sulfide) groups is 1. The summed E-state index contributed by atoms with van der Waals surface area (Å²) in [4.78, 5) is 48.1. The molecule has 9 nitrogen and oxygen atoms in total. The second-order valence-corrected chi connectivity index (χ2v) is 6.57. The summed E-state index contributed by atoms with van der Waals surface area (Å²) in [5.41, 5.74) is -1.34. The molecule has 2 heterocycles. The van der Waals surface area contributed by atoms with Crippen LogP contribution in [-0.2, 0) is 19.1 Å². The Morgan fingerprint density at radius 2 is 2.27 bits per heavy atom. The molecule has 3 atom stereocenters. The quantitative estimate of drug-likeness (QED) is 0.479. The zero-order chi connectivity index (χ0) is 16.5. The number of carboxylic acid groups (broad SMARTS) is 1. The lowest BCUT2D eigenvalue weighted by molar-refractivity contribution is -0.160. The van der Waals surface area contributed by atoms with Crippen LogP contribution in [0.1, 0.15) is 0 Å². The molecule has 0 aromatic carbocycles. The number of nitrogens with one attached hydrogen (secondary N) is 1. The zero-order valence-corrected chi connectivity index (χ0v) is 13.0. The van der Waals surface area contributed by atoms with Crippen LogP contribution in [0.5, 0.6) is 0 Å². The molecule has 10 heteroatoms. The Morgan fingerprint density at radius 3 is 2.82 bits per heavy atom. The van der Waals surface area contributed by atoms with Crippen molar-refractivity contribution in [2.45, 2.75) is 11.4 Å². The van der Waals surface area contributed by atoms with Gasteiger partial charge in [-0.15, -0.1) is 11.8 Å². The summed E-state index contributed by atoms with van der Waals surface area (Å²) in [5.74, 6) is -1.26. The smallest absolute Gasteiger partial charge is 0.409 e. The number of ether oxygens (including phenoxy) is 1. The molecule has 0 saturated carbocycles. The van der Waals surface area contributed by atoms with E-state index in [0.717, 1.165) is 0 Å². The van der Waals surface area contributed by atoms with Crippen LogP contribution in [-0.4, -0.2) is 83.7 Å². The predicted molar refractivity (Wildman–Crippen MR) is 76.1 cm³/mol. The zero-order valence-electron chi connectivity index (χ0n) is 12.1. The fourth-order valence-corrected chi connectivity index (χ4v) is 3.86. The van der Waals surface area contributed by atoms with Gasteiger partial charge in [-0.2, -0.15) is 0 Å². The van der Waals surface area contributed by atoms with Crippen LogP contribution in [0.3, 0.4) is 0 Å². The van der Waals surface area contributed by atoms with E-state index >= 15 is 0 Å². The van der Waals surface area contributed by atoms with Gasteiger partial charge in [0, 0.05) is 26.4 Å². The summed E-state index contributed by atoms with van der Waals surface area (Å²) in [6.45, 7) is -0.356. The Bertz CT molecular complexity index is 513. The standard InChI is InChI=1S/C12H17N3O6S/c1-14(2)11(20)21-4-12(10(18)19)3-15-8(17)7(13-6-16)9(15)22-5-12/h6-7,9H,3-5H2,1-2H3,(H,13,16)(H,18,19)/t7?,9-,12?/m1/s1. The molecule has 0 spiro atoms. The van der Waals surface area contributed by atoms with E-state index in [1.807, 2.05) is 0 Å². The minimum absolute atomic E-state index is 0.0451. The van der Waals surface area contributed by atoms with Gasteiger partial charge in [-0.05, 0) is 0 Å². The van der Waals surface area contributed by atoms with Crippen molar-refractivity contribution < 1.29 is 29.0 Å². The second kappa shape index (κ2) is 6.03. The van der Waals surface area contributed by atoms with Gasteiger partial charge in [0.15, 0.2) is 0 Å². The highest BCUT2D eigenvalue weighted by Gasteiger charge is 2.57. The van der Waals surface area contributed by atoms with Crippen LogP contribution in [0.15, 0.2) is 0 Å². The van der Waals surface area contributed by atoms with E-state index < -0.39 is 23.5 Å². The lowest BCUT2D eigenvalue weighted by atomic mass is 9.88. The minimum atomic E-state index is -1.34. The van der Waals surface area contributed by atoms with Crippen molar-refractivity contribution in [3.05, 3.63) is 0 Å². The Kier molecular flexibility index (Phi) is 4.50. The molecule has 2 saturated heterocycles. The number of hydrogen-bond donors (Lipinski definition) is 2. The van der Waals surface area contributed by atoms with Crippen molar-refractivity contribution in [1.29, 1.82) is 0 Å². The fourth-order valence-electron chi connectivity index (χ4n) is 2.33. The van der Waals surface area contributed by atoms with Crippen LogP contribution in [0.4, 0.5) is 4.79 Å². The second-order valence-electron chi connectivity index (χ2n) is 5.46. The molecule has 122 valence electrons. The Balaban J connectivity index is 2.05. The van der Waals surface area contributed by atoms with Crippen LogP contribution in [0.2, 0.25) is 0 Å². The van der Waals surface area contributed by atoms with Crippen molar-refractivity contribution in [3.63, 3.8) is 0 Å². The third-order valence-electron chi connectivity index (χ3n) is 3.68. The van der Waals surface area contributed by atoms with Gasteiger partial charge in [0.05, 0.1) is 0 Å². The predicted octanol–water partition coefficient (Wildman–Crippen LogP) is -1.21. The average molecular weight is 331 g/mol. The summed E-state index contributed by atoms with van der Waals surface area (Å²) < 4.78 is 5.01. The number of fused-ring (bicyclic) bond motifs is 1. The molecule has 2 aliphatic rings. The summed E-state index contributed by atoms with van der Waals surface area (Å²) in [7, 11) is 2.99. The molecular weight excluding hydrogens is 314 g/mol. The van der Waals surface area contributed by atoms with Crippen molar-refractivity contribution in [3.8, 4) is 0 Å². The van der Waals surface area contributed by atoms with Gasteiger partial charge in [0.25, 0.3) is 0 Å².